The third-order valence-corrected chi connectivity index (χ3v) is 7.13. The lowest BCUT2D eigenvalue weighted by Gasteiger charge is -2.20. The van der Waals surface area contributed by atoms with E-state index in [9.17, 15) is 26.4 Å². The normalized spacial score (nSPS) is 12.4. The van der Waals surface area contributed by atoms with Crippen molar-refractivity contribution in [2.75, 3.05) is 0 Å². The molecule has 0 aliphatic carbocycles. The highest BCUT2D eigenvalue weighted by Gasteiger charge is 2.34. The fourth-order valence-corrected chi connectivity index (χ4v) is 5.26. The summed E-state index contributed by atoms with van der Waals surface area (Å²) in [6.45, 7) is 6.17. The Balaban J connectivity index is 1.85. The monoisotopic (exact) mass is 581 g/mol. The summed E-state index contributed by atoms with van der Waals surface area (Å²) in [6.07, 6.45) is -3.50. The Morgan fingerprint density at radius 2 is 1.77 bits per heavy atom. The van der Waals surface area contributed by atoms with Crippen LogP contribution in [0.4, 0.5) is 18.0 Å². The van der Waals surface area contributed by atoms with Gasteiger partial charge in [0, 0.05) is 11.5 Å². The van der Waals surface area contributed by atoms with Gasteiger partial charge in [-0.05, 0) is 52.0 Å². The highest BCUT2D eigenvalue weighted by Crippen LogP contribution is 2.39. The third-order valence-electron chi connectivity index (χ3n) is 5.35. The molecular formula is C26H26F3N3O7S. The molecule has 2 aromatic carbocycles. The Hall–Kier alpha value is -4.20. The molecule has 0 spiro atoms. The first-order valence-corrected chi connectivity index (χ1v) is 13.3. The van der Waals surface area contributed by atoms with Crippen LogP contribution in [0.5, 0.6) is 11.5 Å². The molecule has 1 amide bonds. The lowest BCUT2D eigenvalue weighted by molar-refractivity contribution is -0.275. The Kier molecular flexibility index (Phi) is 7.74. The molecule has 0 saturated carbocycles. The van der Waals surface area contributed by atoms with Gasteiger partial charge in [-0.25, -0.2) is 22.2 Å². The van der Waals surface area contributed by atoms with Gasteiger partial charge in [0.05, 0.1) is 22.7 Å². The van der Waals surface area contributed by atoms with Gasteiger partial charge in [-0.3, -0.25) is 0 Å². The van der Waals surface area contributed by atoms with Crippen molar-refractivity contribution in [3.63, 3.8) is 0 Å². The van der Waals surface area contributed by atoms with Crippen molar-refractivity contribution in [3.8, 4) is 11.5 Å². The van der Waals surface area contributed by atoms with Gasteiger partial charge >= 0.3 is 12.5 Å². The summed E-state index contributed by atoms with van der Waals surface area (Å²) in [7, 11) is -4.30. The molecule has 0 unspecified atom stereocenters. The molecule has 2 heterocycles. The van der Waals surface area contributed by atoms with Gasteiger partial charge in [-0.15, -0.1) is 13.2 Å². The molecule has 4 aromatic rings. The van der Waals surface area contributed by atoms with Crippen LogP contribution in [-0.2, 0) is 27.9 Å². The summed E-state index contributed by atoms with van der Waals surface area (Å²) in [5, 5.41) is 2.58. The van der Waals surface area contributed by atoms with Crippen LogP contribution in [0.25, 0.3) is 10.9 Å². The molecule has 4 rings (SSSR count). The molecule has 40 heavy (non-hydrogen) atoms. The maximum Gasteiger partial charge on any atom is 0.573 e. The topological polar surface area (TPSA) is 122 Å². The summed E-state index contributed by atoms with van der Waals surface area (Å²) in [5.41, 5.74) is 0.327. The zero-order chi connectivity index (χ0) is 29.3. The lowest BCUT2D eigenvalue weighted by Crippen LogP contribution is -2.33. The summed E-state index contributed by atoms with van der Waals surface area (Å²) in [6, 6.07) is 9.51. The number of rotatable bonds is 8. The molecule has 0 radical (unpaired) electrons. The van der Waals surface area contributed by atoms with Crippen molar-refractivity contribution in [3.05, 3.63) is 72.1 Å². The van der Waals surface area contributed by atoms with E-state index in [1.807, 2.05) is 0 Å². The predicted octanol–water partition coefficient (Wildman–Crippen LogP) is 5.68. The number of carbonyl (C=O) groups is 1. The molecule has 0 bridgehead atoms. The number of alkyl halides is 3. The maximum absolute atomic E-state index is 13.8. The highest BCUT2D eigenvalue weighted by atomic mass is 32.2. The van der Waals surface area contributed by atoms with E-state index in [2.05, 4.69) is 15.0 Å². The number of hydrogen-bond donors (Lipinski definition) is 1. The van der Waals surface area contributed by atoms with E-state index < -0.39 is 39.6 Å². The number of oxazole rings is 1. The molecule has 0 atom stereocenters. The highest BCUT2D eigenvalue weighted by molar-refractivity contribution is 7.90. The second kappa shape index (κ2) is 10.8. The quantitative estimate of drug-likeness (QED) is 0.282. The number of ether oxygens (including phenoxy) is 3. The summed E-state index contributed by atoms with van der Waals surface area (Å²) < 4.78 is 88.1. The molecule has 0 fully saturated rings. The molecular weight excluding hydrogens is 555 g/mol. The Bertz CT molecular complexity index is 1610. The van der Waals surface area contributed by atoms with Crippen LogP contribution in [0.1, 0.15) is 37.7 Å². The summed E-state index contributed by atoms with van der Waals surface area (Å²) in [4.78, 5) is 16.1. The zero-order valence-electron chi connectivity index (χ0n) is 21.9. The first kappa shape index (κ1) is 28.8. The molecule has 0 aliphatic rings. The number of alkyl carbamates (subject to hydrolysis) is 1. The largest absolute Gasteiger partial charge is 0.573 e. The Morgan fingerprint density at radius 3 is 2.38 bits per heavy atom. The average Bonchev–Trinajstić information content (AvgIpc) is 3.47. The maximum atomic E-state index is 13.8. The number of nitrogens with one attached hydrogen (secondary N) is 1. The van der Waals surface area contributed by atoms with E-state index in [0.29, 0.717) is 0 Å². The van der Waals surface area contributed by atoms with E-state index >= 15 is 0 Å². The minimum absolute atomic E-state index is 0.00811. The summed E-state index contributed by atoms with van der Waals surface area (Å²) >= 11 is 0. The average molecular weight is 582 g/mol. The van der Waals surface area contributed by atoms with E-state index in [-0.39, 0.29) is 40.3 Å². The van der Waals surface area contributed by atoms with Crippen LogP contribution in [0.3, 0.4) is 0 Å². The Morgan fingerprint density at radius 1 is 1.07 bits per heavy atom. The number of aryl methyl sites for hydroxylation is 1. The van der Waals surface area contributed by atoms with Crippen LogP contribution < -0.4 is 14.8 Å². The summed E-state index contributed by atoms with van der Waals surface area (Å²) in [5.74, 6) is -1.09. The molecule has 214 valence electrons. The van der Waals surface area contributed by atoms with Gasteiger partial charge < -0.3 is 23.9 Å². The van der Waals surface area contributed by atoms with Crippen LogP contribution in [0.2, 0.25) is 0 Å². The minimum atomic E-state index is -5.06. The standard InChI is InChI=1S/C26H26F3N3O7S/c1-16-5-7-20(8-6-16)40(34,35)32-19(12-30-24(33)39-25(2,3)4)9-17-10-23(38-26(27,28)29)22(11-21(17)32)37-14-18-13-36-15-31-18/h5-11,13,15H,12,14H2,1-4H3,(H,30,33). The lowest BCUT2D eigenvalue weighted by atomic mass is 10.2. The van der Waals surface area contributed by atoms with Crippen molar-refractivity contribution in [2.24, 2.45) is 0 Å². The number of fused-ring (bicyclic) bond motifs is 1. The van der Waals surface area contributed by atoms with Crippen molar-refractivity contribution in [1.29, 1.82) is 0 Å². The van der Waals surface area contributed by atoms with E-state index in [1.54, 1.807) is 39.8 Å². The first-order chi connectivity index (χ1) is 18.6. The predicted molar refractivity (Wildman–Crippen MR) is 136 cm³/mol. The molecule has 1 N–H and O–H groups in total. The van der Waals surface area contributed by atoms with Crippen LogP contribution in [0.15, 0.2) is 64.4 Å². The van der Waals surface area contributed by atoms with Gasteiger partial charge in [-0.1, -0.05) is 17.7 Å². The number of benzene rings is 2. The van der Waals surface area contributed by atoms with Crippen molar-refractivity contribution in [2.45, 2.75) is 57.7 Å². The minimum Gasteiger partial charge on any atom is -0.483 e. The van der Waals surface area contributed by atoms with Crippen molar-refractivity contribution < 1.29 is 45.0 Å². The van der Waals surface area contributed by atoms with Crippen LogP contribution in [0, 0.1) is 6.92 Å². The number of hydrogen-bond acceptors (Lipinski definition) is 8. The van der Waals surface area contributed by atoms with Crippen LogP contribution >= 0.6 is 0 Å². The van der Waals surface area contributed by atoms with Crippen molar-refractivity contribution >= 4 is 27.0 Å². The number of carbonyl (C=O) groups excluding carboxylic acids is 1. The second-order valence-electron chi connectivity index (χ2n) is 9.75. The molecule has 2 aromatic heterocycles. The molecule has 0 saturated heterocycles. The molecule has 10 nitrogen and oxygen atoms in total. The third kappa shape index (κ3) is 6.86. The number of halogens is 3. The first-order valence-electron chi connectivity index (χ1n) is 11.9. The van der Waals surface area contributed by atoms with Crippen LogP contribution in [-0.4, -0.2) is 35.4 Å². The van der Waals surface area contributed by atoms with Gasteiger partial charge in [-0.2, -0.15) is 0 Å². The van der Waals surface area contributed by atoms with Gasteiger partial charge in [0.15, 0.2) is 17.9 Å². The van der Waals surface area contributed by atoms with Gasteiger partial charge in [0.25, 0.3) is 10.0 Å². The molecule has 0 aliphatic heterocycles. The number of amides is 1. The fourth-order valence-electron chi connectivity index (χ4n) is 3.73. The second-order valence-corrected chi connectivity index (χ2v) is 11.5. The Labute approximate surface area is 227 Å². The zero-order valence-corrected chi connectivity index (χ0v) is 22.7. The van der Waals surface area contributed by atoms with Gasteiger partial charge in [0.2, 0.25) is 0 Å². The number of aromatic nitrogens is 2. The SMILES string of the molecule is Cc1ccc(S(=O)(=O)n2c(CNC(=O)OC(C)(C)C)cc3cc(OC(F)(F)F)c(OCc4cocn4)cc32)cc1. The smallest absolute Gasteiger partial charge is 0.483 e. The van der Waals surface area contributed by atoms with E-state index in [1.165, 1.54) is 24.5 Å². The molecule has 14 heteroatoms. The number of nitrogens with zero attached hydrogens (tertiary/aromatic N) is 2. The van der Waals surface area contributed by atoms with Crippen molar-refractivity contribution in [1.82, 2.24) is 14.3 Å². The van der Waals surface area contributed by atoms with E-state index in [4.69, 9.17) is 13.9 Å². The van der Waals surface area contributed by atoms with Gasteiger partial charge in [0.1, 0.15) is 24.2 Å². The fraction of sp³-hybridized carbons (Fsp3) is 0.308. The van der Waals surface area contributed by atoms with E-state index in [0.717, 1.165) is 28.1 Å².